The quantitative estimate of drug-likeness (QED) is 0.741. The zero-order valence-electron chi connectivity index (χ0n) is 16.4. The van der Waals surface area contributed by atoms with E-state index < -0.39 is 0 Å². The topological polar surface area (TPSA) is 66.5 Å². The van der Waals surface area contributed by atoms with E-state index in [1.165, 1.54) is 5.56 Å². The third kappa shape index (κ3) is 5.36. The number of nitrogens with zero attached hydrogens (tertiary/aromatic N) is 2. The van der Waals surface area contributed by atoms with E-state index in [1.807, 2.05) is 25.1 Å². The van der Waals surface area contributed by atoms with E-state index in [1.54, 1.807) is 25.4 Å². The molecule has 1 aliphatic heterocycles. The Balaban J connectivity index is 1.49. The predicted molar refractivity (Wildman–Crippen MR) is 112 cm³/mol. The summed E-state index contributed by atoms with van der Waals surface area (Å²) in [5.41, 5.74) is 1.78. The number of aromatic nitrogens is 1. The summed E-state index contributed by atoms with van der Waals surface area (Å²) < 4.78 is 5.58. The van der Waals surface area contributed by atoms with Gasteiger partial charge in [0, 0.05) is 38.9 Å². The molecule has 2 heterocycles. The Bertz CT molecular complexity index is 789. The predicted octanol–water partition coefficient (Wildman–Crippen LogP) is 3.57. The minimum atomic E-state index is -0.0624. The van der Waals surface area contributed by atoms with Crippen LogP contribution in [0.2, 0.25) is 5.02 Å². The van der Waals surface area contributed by atoms with Gasteiger partial charge in [-0.15, -0.1) is 0 Å². The number of carbonyl (C=O) groups excluding carboxylic acids is 1. The number of rotatable bonds is 7. The van der Waals surface area contributed by atoms with Gasteiger partial charge in [0.1, 0.15) is 11.6 Å². The van der Waals surface area contributed by atoms with E-state index in [2.05, 4.69) is 20.5 Å². The maximum atomic E-state index is 12.4. The third-order valence-electron chi connectivity index (χ3n) is 4.91. The number of ether oxygens (including phenoxy) is 1. The van der Waals surface area contributed by atoms with Crippen molar-refractivity contribution in [1.82, 2.24) is 15.2 Å². The lowest BCUT2D eigenvalue weighted by molar-refractivity contribution is 0.0908. The molecule has 2 N–H and O–H groups in total. The Labute approximate surface area is 171 Å². The van der Waals surface area contributed by atoms with Gasteiger partial charge in [-0.05, 0) is 49.6 Å². The summed E-state index contributed by atoms with van der Waals surface area (Å²) >= 11 is 6.17. The van der Waals surface area contributed by atoms with Crippen LogP contribution in [0.25, 0.3) is 0 Å². The summed E-state index contributed by atoms with van der Waals surface area (Å²) in [6.07, 6.45) is 3.46. The van der Waals surface area contributed by atoms with Crippen molar-refractivity contribution in [2.45, 2.75) is 32.4 Å². The fraction of sp³-hybridized carbons (Fsp3) is 0.429. The Morgan fingerprint density at radius 2 is 2.07 bits per heavy atom. The fourth-order valence-corrected chi connectivity index (χ4v) is 3.52. The van der Waals surface area contributed by atoms with Crippen LogP contribution in [0.1, 0.15) is 35.7 Å². The van der Waals surface area contributed by atoms with Crippen LogP contribution in [0, 0.1) is 0 Å². The molecule has 28 heavy (non-hydrogen) atoms. The Morgan fingerprint density at radius 3 is 2.71 bits per heavy atom. The molecule has 7 heteroatoms. The normalized spacial score (nSPS) is 15.2. The van der Waals surface area contributed by atoms with Gasteiger partial charge in [-0.25, -0.2) is 4.98 Å². The maximum absolute atomic E-state index is 12.4. The molecule has 0 radical (unpaired) electrons. The highest BCUT2D eigenvalue weighted by molar-refractivity contribution is 6.32. The molecule has 6 nitrogen and oxygen atoms in total. The van der Waals surface area contributed by atoms with Crippen molar-refractivity contribution >= 4 is 23.3 Å². The zero-order valence-corrected chi connectivity index (χ0v) is 17.1. The molecule has 1 amide bonds. The first-order valence-electron chi connectivity index (χ1n) is 9.67. The molecule has 0 bridgehead atoms. The van der Waals surface area contributed by atoms with Crippen LogP contribution in [0.15, 0.2) is 36.5 Å². The molecule has 2 aromatic rings. The number of hydrogen-bond acceptors (Lipinski definition) is 5. The molecule has 1 fully saturated rings. The second-order valence-electron chi connectivity index (χ2n) is 6.90. The number of pyridine rings is 1. The van der Waals surface area contributed by atoms with E-state index in [-0.39, 0.29) is 11.9 Å². The molecule has 0 spiro atoms. The van der Waals surface area contributed by atoms with Crippen LogP contribution in [0.5, 0.6) is 5.75 Å². The van der Waals surface area contributed by atoms with E-state index in [0.29, 0.717) is 17.2 Å². The highest BCUT2D eigenvalue weighted by Crippen LogP contribution is 2.26. The zero-order chi connectivity index (χ0) is 19.9. The molecule has 0 atom stereocenters. The van der Waals surface area contributed by atoms with Crippen LogP contribution < -0.4 is 15.4 Å². The lowest BCUT2D eigenvalue weighted by atomic mass is 10.0. The van der Waals surface area contributed by atoms with E-state index in [4.69, 9.17) is 16.3 Å². The number of likely N-dealkylation sites (tertiary alicyclic amines) is 1. The number of nitrogens with one attached hydrogen (secondary N) is 2. The van der Waals surface area contributed by atoms with E-state index >= 15 is 0 Å². The van der Waals surface area contributed by atoms with Crippen LogP contribution >= 0.6 is 11.6 Å². The second-order valence-corrected chi connectivity index (χ2v) is 7.31. The van der Waals surface area contributed by atoms with Gasteiger partial charge < -0.3 is 15.4 Å². The summed E-state index contributed by atoms with van der Waals surface area (Å²) in [7, 11) is 1.80. The molecule has 0 aliphatic carbocycles. The molecule has 1 aromatic heterocycles. The van der Waals surface area contributed by atoms with Gasteiger partial charge in [-0.2, -0.15) is 0 Å². The minimum Gasteiger partial charge on any atom is -0.492 e. The second kappa shape index (κ2) is 9.75. The molecular weight excluding hydrogens is 376 g/mol. The van der Waals surface area contributed by atoms with Crippen molar-refractivity contribution in [2.75, 3.05) is 32.1 Å². The maximum Gasteiger partial charge on any atom is 0.253 e. The Hall–Kier alpha value is -2.31. The van der Waals surface area contributed by atoms with Crippen molar-refractivity contribution in [3.63, 3.8) is 0 Å². The van der Waals surface area contributed by atoms with E-state index in [9.17, 15) is 4.79 Å². The first kappa shape index (κ1) is 20.4. The molecule has 0 unspecified atom stereocenters. The van der Waals surface area contributed by atoms with Gasteiger partial charge in [0.25, 0.3) is 5.91 Å². The standard InChI is InChI=1S/C21H27ClN4O2/c1-3-28-19-12-15(4-6-18(19)22)14-26-10-8-17(9-11-26)25-21(27)16-5-7-20(23-2)24-13-16/h4-7,12-13,17H,3,8-11,14H2,1-2H3,(H,23,24)(H,25,27). The summed E-state index contributed by atoms with van der Waals surface area (Å²) in [5, 5.41) is 6.72. The number of anilines is 1. The van der Waals surface area contributed by atoms with Crippen molar-refractivity contribution in [2.24, 2.45) is 0 Å². The van der Waals surface area contributed by atoms with Crippen molar-refractivity contribution in [1.29, 1.82) is 0 Å². The number of piperidine rings is 1. The minimum absolute atomic E-state index is 0.0624. The molecule has 1 aliphatic rings. The average Bonchev–Trinajstić information content (AvgIpc) is 2.72. The lowest BCUT2D eigenvalue weighted by Gasteiger charge is -2.32. The van der Waals surface area contributed by atoms with Crippen molar-refractivity contribution in [3.05, 3.63) is 52.7 Å². The number of carbonyl (C=O) groups is 1. The molecule has 3 rings (SSSR count). The van der Waals surface area contributed by atoms with Gasteiger partial charge >= 0.3 is 0 Å². The van der Waals surface area contributed by atoms with Gasteiger partial charge in [0.05, 0.1) is 17.2 Å². The first-order valence-corrected chi connectivity index (χ1v) is 10.0. The summed E-state index contributed by atoms with van der Waals surface area (Å²) in [6, 6.07) is 9.74. The molecule has 1 saturated heterocycles. The number of amides is 1. The molecule has 0 saturated carbocycles. The highest BCUT2D eigenvalue weighted by atomic mass is 35.5. The van der Waals surface area contributed by atoms with Crippen LogP contribution in [-0.4, -0.2) is 48.6 Å². The highest BCUT2D eigenvalue weighted by Gasteiger charge is 2.21. The Kier molecular flexibility index (Phi) is 7.12. The van der Waals surface area contributed by atoms with Gasteiger partial charge in [0.15, 0.2) is 0 Å². The number of benzene rings is 1. The van der Waals surface area contributed by atoms with Gasteiger partial charge in [-0.1, -0.05) is 17.7 Å². The van der Waals surface area contributed by atoms with Crippen molar-refractivity contribution in [3.8, 4) is 5.75 Å². The van der Waals surface area contributed by atoms with Crippen LogP contribution in [0.4, 0.5) is 5.82 Å². The van der Waals surface area contributed by atoms with Gasteiger partial charge in [0.2, 0.25) is 0 Å². The van der Waals surface area contributed by atoms with Crippen LogP contribution in [-0.2, 0) is 6.54 Å². The number of halogens is 1. The molecular formula is C21H27ClN4O2. The summed E-state index contributed by atoms with van der Waals surface area (Å²) in [4.78, 5) is 19.0. The van der Waals surface area contributed by atoms with Crippen molar-refractivity contribution < 1.29 is 9.53 Å². The third-order valence-corrected chi connectivity index (χ3v) is 5.22. The summed E-state index contributed by atoms with van der Waals surface area (Å²) in [5.74, 6) is 1.42. The largest absolute Gasteiger partial charge is 0.492 e. The summed E-state index contributed by atoms with van der Waals surface area (Å²) in [6.45, 7) is 5.28. The first-order chi connectivity index (χ1) is 13.6. The lowest BCUT2D eigenvalue weighted by Crippen LogP contribution is -2.44. The SMILES string of the molecule is CCOc1cc(CN2CCC(NC(=O)c3ccc(NC)nc3)CC2)ccc1Cl. The molecule has 150 valence electrons. The molecule has 1 aromatic carbocycles. The average molecular weight is 403 g/mol. The smallest absolute Gasteiger partial charge is 0.253 e. The van der Waals surface area contributed by atoms with Gasteiger partial charge in [-0.3, -0.25) is 9.69 Å². The monoisotopic (exact) mass is 402 g/mol. The fourth-order valence-electron chi connectivity index (χ4n) is 3.35. The van der Waals surface area contributed by atoms with E-state index in [0.717, 1.165) is 44.0 Å². The van der Waals surface area contributed by atoms with Crippen LogP contribution in [0.3, 0.4) is 0 Å². The Morgan fingerprint density at radius 1 is 1.29 bits per heavy atom. The number of hydrogen-bond donors (Lipinski definition) is 2.